The Morgan fingerprint density at radius 1 is 1.15 bits per heavy atom. The molecule has 0 amide bonds. The summed E-state index contributed by atoms with van der Waals surface area (Å²) in [4.78, 5) is 0. The number of rotatable bonds is 7. The van der Waals surface area contributed by atoms with E-state index in [1.54, 1.807) is 0 Å². The van der Waals surface area contributed by atoms with Gasteiger partial charge in [-0.15, -0.1) is 0 Å². The van der Waals surface area contributed by atoms with E-state index in [-0.39, 0.29) is 0 Å². The Kier molecular flexibility index (Phi) is 5.43. The van der Waals surface area contributed by atoms with Gasteiger partial charge < -0.3 is 4.74 Å². The standard InChI is InChI=1S/C18H27OS/c1-2-7-16(8-3-1)15-18(20-13-14-20)11-6-10-17-9-4-5-12-19-17/h1-3,7-8,17-18H,4-6,9-15H2/q+1. The topological polar surface area (TPSA) is 9.23 Å². The molecule has 1 aromatic carbocycles. The van der Waals surface area contributed by atoms with Gasteiger partial charge in [-0.3, -0.25) is 0 Å². The van der Waals surface area contributed by atoms with Gasteiger partial charge in [-0.05, 0) is 44.1 Å². The van der Waals surface area contributed by atoms with Crippen LogP contribution in [0.2, 0.25) is 0 Å². The van der Waals surface area contributed by atoms with Gasteiger partial charge in [0.1, 0.15) is 5.25 Å². The van der Waals surface area contributed by atoms with Gasteiger partial charge in [0, 0.05) is 23.9 Å². The van der Waals surface area contributed by atoms with Crippen LogP contribution in [-0.4, -0.2) is 29.5 Å². The van der Waals surface area contributed by atoms with E-state index in [4.69, 9.17) is 4.74 Å². The predicted molar refractivity (Wildman–Crippen MR) is 88.5 cm³/mol. The Bertz CT molecular complexity index is 382. The maximum Gasteiger partial charge on any atom is 0.153 e. The first kappa shape index (κ1) is 14.5. The molecule has 0 bridgehead atoms. The average molecular weight is 291 g/mol. The summed E-state index contributed by atoms with van der Waals surface area (Å²) in [6.07, 6.45) is 9.90. The summed E-state index contributed by atoms with van der Waals surface area (Å²) in [5.41, 5.74) is 1.53. The van der Waals surface area contributed by atoms with E-state index in [1.807, 2.05) is 0 Å². The second-order valence-corrected chi connectivity index (χ2v) is 8.74. The fourth-order valence-corrected chi connectivity index (χ4v) is 5.23. The van der Waals surface area contributed by atoms with Crippen molar-refractivity contribution in [3.63, 3.8) is 0 Å². The highest BCUT2D eigenvalue weighted by Gasteiger charge is 2.42. The summed E-state index contributed by atoms with van der Waals surface area (Å²) >= 11 is 0. The van der Waals surface area contributed by atoms with Crippen LogP contribution in [0.25, 0.3) is 0 Å². The zero-order valence-electron chi connectivity index (χ0n) is 12.4. The Morgan fingerprint density at radius 2 is 2.00 bits per heavy atom. The quantitative estimate of drug-likeness (QED) is 0.545. The lowest BCUT2D eigenvalue weighted by molar-refractivity contribution is 0.00985. The van der Waals surface area contributed by atoms with Crippen LogP contribution in [0.4, 0.5) is 0 Å². The Morgan fingerprint density at radius 3 is 2.70 bits per heavy atom. The minimum atomic E-state index is 0.573. The fourth-order valence-electron chi connectivity index (χ4n) is 3.25. The number of hydrogen-bond donors (Lipinski definition) is 0. The molecule has 2 saturated heterocycles. The Hall–Kier alpha value is -0.470. The molecular weight excluding hydrogens is 264 g/mol. The summed E-state index contributed by atoms with van der Waals surface area (Å²) in [5.74, 6) is 2.99. The first-order valence-electron chi connectivity index (χ1n) is 8.23. The minimum Gasteiger partial charge on any atom is -0.378 e. The molecule has 0 saturated carbocycles. The van der Waals surface area contributed by atoms with Gasteiger partial charge in [0.05, 0.1) is 6.10 Å². The predicted octanol–water partition coefficient (Wildman–Crippen LogP) is 3.97. The molecule has 0 aromatic heterocycles. The molecule has 0 N–H and O–H groups in total. The van der Waals surface area contributed by atoms with Crippen molar-refractivity contribution in [2.45, 2.75) is 56.3 Å². The Balaban J connectivity index is 1.43. The van der Waals surface area contributed by atoms with E-state index in [9.17, 15) is 0 Å². The molecular formula is C18H27OS+. The molecule has 2 heteroatoms. The second-order valence-electron chi connectivity index (χ2n) is 6.18. The van der Waals surface area contributed by atoms with E-state index in [0.29, 0.717) is 6.10 Å². The lowest BCUT2D eigenvalue weighted by Gasteiger charge is -2.22. The molecule has 3 rings (SSSR count). The van der Waals surface area contributed by atoms with Gasteiger partial charge >= 0.3 is 0 Å². The van der Waals surface area contributed by atoms with Crippen molar-refractivity contribution in [2.24, 2.45) is 0 Å². The van der Waals surface area contributed by atoms with E-state index in [1.165, 1.54) is 62.0 Å². The number of benzene rings is 1. The number of ether oxygens (including phenoxy) is 1. The summed E-state index contributed by atoms with van der Waals surface area (Å²) in [7, 11) is 0.749. The number of hydrogen-bond acceptors (Lipinski definition) is 1. The molecule has 2 fully saturated rings. The van der Waals surface area contributed by atoms with Crippen LogP contribution >= 0.6 is 0 Å². The van der Waals surface area contributed by atoms with Crippen molar-refractivity contribution in [2.75, 3.05) is 18.1 Å². The zero-order valence-corrected chi connectivity index (χ0v) is 13.2. The van der Waals surface area contributed by atoms with Crippen molar-refractivity contribution >= 4 is 10.9 Å². The lowest BCUT2D eigenvalue weighted by atomic mass is 10.0. The highest BCUT2D eigenvalue weighted by atomic mass is 32.2. The molecule has 2 aliphatic heterocycles. The molecule has 110 valence electrons. The molecule has 0 spiro atoms. The largest absolute Gasteiger partial charge is 0.378 e. The highest BCUT2D eigenvalue weighted by molar-refractivity contribution is 8.04. The summed E-state index contributed by atoms with van der Waals surface area (Å²) in [6, 6.07) is 11.1. The zero-order chi connectivity index (χ0) is 13.6. The normalized spacial score (nSPS) is 24.5. The molecule has 2 atom stereocenters. The van der Waals surface area contributed by atoms with E-state index in [0.717, 1.165) is 22.8 Å². The van der Waals surface area contributed by atoms with Crippen molar-refractivity contribution in [1.29, 1.82) is 0 Å². The maximum absolute atomic E-state index is 5.86. The SMILES string of the molecule is c1ccc(CC(CCCC2CCCCO2)[S+]2CC2)cc1. The van der Waals surface area contributed by atoms with Crippen LogP contribution in [0.1, 0.15) is 44.1 Å². The first-order chi connectivity index (χ1) is 9.92. The van der Waals surface area contributed by atoms with E-state index < -0.39 is 0 Å². The van der Waals surface area contributed by atoms with Crippen molar-refractivity contribution in [3.8, 4) is 0 Å². The van der Waals surface area contributed by atoms with Crippen molar-refractivity contribution in [1.82, 2.24) is 0 Å². The smallest absolute Gasteiger partial charge is 0.153 e. The highest BCUT2D eigenvalue weighted by Crippen LogP contribution is 2.28. The molecule has 1 nitrogen and oxygen atoms in total. The van der Waals surface area contributed by atoms with Crippen LogP contribution in [-0.2, 0) is 22.1 Å². The summed E-state index contributed by atoms with van der Waals surface area (Å²) in [6.45, 7) is 1.00. The van der Waals surface area contributed by atoms with Crippen molar-refractivity contribution < 1.29 is 4.74 Å². The van der Waals surface area contributed by atoms with Gasteiger partial charge in [0.25, 0.3) is 0 Å². The van der Waals surface area contributed by atoms with Gasteiger partial charge in [0.2, 0.25) is 0 Å². The molecule has 2 aliphatic rings. The first-order valence-corrected chi connectivity index (χ1v) is 9.86. The third-order valence-corrected chi connectivity index (χ3v) is 6.77. The average Bonchev–Trinajstić information content (AvgIpc) is 3.33. The molecule has 2 unspecified atom stereocenters. The molecule has 20 heavy (non-hydrogen) atoms. The fraction of sp³-hybridized carbons (Fsp3) is 0.667. The van der Waals surface area contributed by atoms with Gasteiger partial charge in [-0.1, -0.05) is 30.3 Å². The van der Waals surface area contributed by atoms with Crippen LogP contribution in [0.15, 0.2) is 30.3 Å². The molecule has 0 aliphatic carbocycles. The summed E-state index contributed by atoms with van der Waals surface area (Å²) in [5, 5.41) is 0.945. The van der Waals surface area contributed by atoms with Crippen molar-refractivity contribution in [3.05, 3.63) is 35.9 Å². The molecule has 1 aromatic rings. The third kappa shape index (κ3) is 4.53. The minimum absolute atomic E-state index is 0.573. The van der Waals surface area contributed by atoms with E-state index in [2.05, 4.69) is 30.3 Å². The maximum atomic E-state index is 5.86. The van der Waals surface area contributed by atoms with Crippen LogP contribution in [0.3, 0.4) is 0 Å². The molecule has 2 heterocycles. The van der Waals surface area contributed by atoms with Gasteiger partial charge in [0.15, 0.2) is 11.5 Å². The Labute approximate surface area is 126 Å². The van der Waals surface area contributed by atoms with Crippen LogP contribution in [0, 0.1) is 0 Å². The van der Waals surface area contributed by atoms with Crippen LogP contribution < -0.4 is 0 Å². The second kappa shape index (κ2) is 7.51. The van der Waals surface area contributed by atoms with Crippen LogP contribution in [0.5, 0.6) is 0 Å². The summed E-state index contributed by atoms with van der Waals surface area (Å²) < 4.78 is 5.86. The lowest BCUT2D eigenvalue weighted by Crippen LogP contribution is -2.20. The van der Waals surface area contributed by atoms with Gasteiger partial charge in [-0.25, -0.2) is 0 Å². The van der Waals surface area contributed by atoms with E-state index >= 15 is 0 Å². The van der Waals surface area contributed by atoms with Gasteiger partial charge in [-0.2, -0.15) is 0 Å². The third-order valence-electron chi connectivity index (χ3n) is 4.54. The monoisotopic (exact) mass is 291 g/mol. The molecule has 0 radical (unpaired) electrons.